The highest BCUT2D eigenvalue weighted by Crippen LogP contribution is 2.43. The van der Waals surface area contributed by atoms with Crippen molar-refractivity contribution < 1.29 is 0 Å². The van der Waals surface area contributed by atoms with Crippen LogP contribution in [0.25, 0.3) is 97.1 Å². The molecule has 0 N–H and O–H groups in total. The maximum atomic E-state index is 5.84. The van der Waals surface area contributed by atoms with E-state index in [1.807, 2.05) is 11.3 Å². The summed E-state index contributed by atoms with van der Waals surface area (Å²) in [5.41, 5.74) is 13.3. The topological polar surface area (TPSA) is 34.6 Å². The van der Waals surface area contributed by atoms with Crippen LogP contribution in [0.1, 0.15) is 43.5 Å². The van der Waals surface area contributed by atoms with Gasteiger partial charge in [0.1, 0.15) is 0 Å². The van der Waals surface area contributed by atoms with E-state index in [-0.39, 0.29) is 12.0 Å². The lowest BCUT2D eigenvalue weighted by Crippen LogP contribution is -2.12. The zero-order valence-corrected chi connectivity index (χ0v) is 40.0. The molecule has 3 aromatic heterocycles. The third kappa shape index (κ3) is 6.96. The molecule has 1 atom stereocenters. The number of para-hydroxylation sites is 4. The normalized spacial score (nSPS) is 13.0. The predicted molar refractivity (Wildman–Crippen MR) is 300 cm³/mol. The number of aromatic nitrogens is 2. The van der Waals surface area contributed by atoms with E-state index in [1.165, 1.54) is 69.3 Å². The smallest absolute Gasteiger partial charge is 0.157 e. The van der Waals surface area contributed by atoms with Crippen molar-refractivity contribution in [3.8, 4) is 22.5 Å². The fraction of sp³-hybridized carbons (Fsp3) is 0.0769. The molecular formula is C65H48N4S. The number of hydrogen-bond donors (Lipinski definition) is 0. The second-order valence-corrected chi connectivity index (χ2v) is 19.8. The molecule has 0 amide bonds. The van der Waals surface area contributed by atoms with E-state index in [2.05, 4.69) is 254 Å². The largest absolute Gasteiger partial charge is 0.309 e. The lowest BCUT2D eigenvalue weighted by atomic mass is 9.94. The summed E-state index contributed by atoms with van der Waals surface area (Å²) in [7, 11) is 0. The van der Waals surface area contributed by atoms with Crippen molar-refractivity contribution in [2.24, 2.45) is 15.9 Å². The molecule has 10 aromatic carbocycles. The van der Waals surface area contributed by atoms with E-state index in [1.54, 1.807) is 0 Å². The maximum absolute atomic E-state index is 5.84. The zero-order valence-electron chi connectivity index (χ0n) is 39.2. The van der Waals surface area contributed by atoms with Gasteiger partial charge >= 0.3 is 0 Å². The standard InChI is InChI=1S/C65H48N4S/c1-41(2)62(45-35-33-44(34-36-45)43-19-6-4-7-20-43)67-65(54-29-18-28-53-50-25-12-15-30-57(50)68(63(53)54)49-23-8-5-9-24-49)66-42(3)48-38-56-52-27-14-17-32-61(52)70-64(56)60(40-48)69-58-31-16-13-26-51(58)55-37-46-21-10-11-22-47(46)39-59(55)69/h4-41,62H,1-3H3/t62-/m1/s1. The molecule has 334 valence electrons. The Hall–Kier alpha value is -8.38. The summed E-state index contributed by atoms with van der Waals surface area (Å²) in [6.45, 7) is 6.71. The van der Waals surface area contributed by atoms with Crippen LogP contribution >= 0.6 is 11.3 Å². The van der Waals surface area contributed by atoms with Gasteiger partial charge in [-0.3, -0.25) is 4.99 Å². The first-order valence-corrected chi connectivity index (χ1v) is 25.0. The Morgan fingerprint density at radius 2 is 1.07 bits per heavy atom. The van der Waals surface area contributed by atoms with Gasteiger partial charge in [-0.05, 0) is 107 Å². The van der Waals surface area contributed by atoms with E-state index in [9.17, 15) is 0 Å². The van der Waals surface area contributed by atoms with Crippen LogP contribution in [0.15, 0.2) is 234 Å². The Balaban J connectivity index is 1.08. The molecule has 0 fully saturated rings. The Morgan fingerprint density at radius 1 is 0.471 bits per heavy atom. The van der Waals surface area contributed by atoms with Gasteiger partial charge in [0.25, 0.3) is 0 Å². The summed E-state index contributed by atoms with van der Waals surface area (Å²) in [5, 5.41) is 9.76. The van der Waals surface area contributed by atoms with E-state index >= 15 is 0 Å². The van der Waals surface area contributed by atoms with Crippen LogP contribution in [0, 0.1) is 5.92 Å². The van der Waals surface area contributed by atoms with Crippen molar-refractivity contribution in [2.45, 2.75) is 26.8 Å². The van der Waals surface area contributed by atoms with Gasteiger partial charge in [-0.15, -0.1) is 11.3 Å². The fourth-order valence-corrected chi connectivity index (χ4v) is 12.0. The first-order chi connectivity index (χ1) is 34.5. The highest BCUT2D eigenvalue weighted by atomic mass is 32.1. The molecule has 0 saturated heterocycles. The van der Waals surface area contributed by atoms with Crippen molar-refractivity contribution in [3.63, 3.8) is 0 Å². The Morgan fingerprint density at radius 3 is 1.81 bits per heavy atom. The van der Waals surface area contributed by atoms with E-state index in [0.29, 0.717) is 5.84 Å². The molecule has 0 radical (unpaired) electrons. The van der Waals surface area contributed by atoms with Crippen LogP contribution in [0.5, 0.6) is 0 Å². The molecule has 13 aromatic rings. The summed E-state index contributed by atoms with van der Waals surface area (Å²) < 4.78 is 7.40. The average molecular weight is 917 g/mol. The van der Waals surface area contributed by atoms with Gasteiger partial charge in [0.05, 0.1) is 38.5 Å². The lowest BCUT2D eigenvalue weighted by molar-refractivity contribution is 0.517. The third-order valence-corrected chi connectivity index (χ3v) is 15.3. The van der Waals surface area contributed by atoms with E-state index in [4.69, 9.17) is 9.98 Å². The SMILES string of the molecule is CC(=NC(=N[C@@H](c1ccc(-c2ccccc2)cc1)C(C)C)c1cccc2c3ccccc3n(-c3ccccc3)c12)c1cc(-n2c3ccccc3c3cc4ccccc4cc32)c2sc3ccccc3c2c1. The Bertz CT molecular complexity index is 4210. The molecule has 0 aliphatic rings. The predicted octanol–water partition coefficient (Wildman–Crippen LogP) is 17.7. The summed E-state index contributed by atoms with van der Waals surface area (Å²) in [4.78, 5) is 11.6. The highest BCUT2D eigenvalue weighted by molar-refractivity contribution is 7.26. The molecule has 0 saturated carbocycles. The van der Waals surface area contributed by atoms with Crippen LogP contribution < -0.4 is 0 Å². The minimum Gasteiger partial charge on any atom is -0.309 e. The van der Waals surface area contributed by atoms with Gasteiger partial charge in [0, 0.05) is 54.0 Å². The molecule has 70 heavy (non-hydrogen) atoms. The number of rotatable bonds is 8. The van der Waals surface area contributed by atoms with Crippen molar-refractivity contribution >= 4 is 97.4 Å². The van der Waals surface area contributed by atoms with Gasteiger partial charge < -0.3 is 9.13 Å². The molecule has 13 rings (SSSR count). The molecule has 0 aliphatic heterocycles. The highest BCUT2D eigenvalue weighted by Gasteiger charge is 2.24. The molecule has 3 heterocycles. The molecule has 4 nitrogen and oxygen atoms in total. The first-order valence-electron chi connectivity index (χ1n) is 24.2. The van der Waals surface area contributed by atoms with Crippen molar-refractivity contribution in [3.05, 3.63) is 241 Å². The van der Waals surface area contributed by atoms with Gasteiger partial charge in [-0.25, -0.2) is 4.99 Å². The minimum absolute atomic E-state index is 0.174. The second-order valence-electron chi connectivity index (χ2n) is 18.8. The van der Waals surface area contributed by atoms with Gasteiger partial charge in [-0.1, -0.05) is 178 Å². The van der Waals surface area contributed by atoms with Gasteiger partial charge in [0.15, 0.2) is 5.84 Å². The molecular weight excluding hydrogens is 869 g/mol. The van der Waals surface area contributed by atoms with Gasteiger partial charge in [0.2, 0.25) is 0 Å². The average Bonchev–Trinajstić information content (AvgIpc) is 4.07. The van der Waals surface area contributed by atoms with E-state index < -0.39 is 0 Å². The van der Waals surface area contributed by atoms with Crippen LogP contribution in [-0.4, -0.2) is 20.7 Å². The number of aliphatic imine (C=N–C) groups is 2. The lowest BCUT2D eigenvalue weighted by Gasteiger charge is -2.20. The van der Waals surface area contributed by atoms with E-state index in [0.717, 1.165) is 50.2 Å². The monoisotopic (exact) mass is 916 g/mol. The van der Waals surface area contributed by atoms with Crippen LogP contribution in [0.2, 0.25) is 0 Å². The van der Waals surface area contributed by atoms with Gasteiger partial charge in [-0.2, -0.15) is 0 Å². The molecule has 0 bridgehead atoms. The summed E-state index contributed by atoms with van der Waals surface area (Å²) in [6.07, 6.45) is 0. The van der Waals surface area contributed by atoms with Crippen molar-refractivity contribution in [1.82, 2.24) is 9.13 Å². The number of fused-ring (bicyclic) bond motifs is 10. The quantitative estimate of drug-likeness (QED) is 0.108. The zero-order chi connectivity index (χ0) is 46.9. The van der Waals surface area contributed by atoms with Crippen LogP contribution in [0.4, 0.5) is 0 Å². The minimum atomic E-state index is -0.174. The Kier molecular flexibility index (Phi) is 10.1. The third-order valence-electron chi connectivity index (χ3n) is 14.1. The summed E-state index contributed by atoms with van der Waals surface area (Å²) in [5.74, 6) is 0.882. The molecule has 5 heteroatoms. The number of amidine groups is 1. The number of hydrogen-bond acceptors (Lipinski definition) is 2. The van der Waals surface area contributed by atoms with Crippen molar-refractivity contribution in [2.75, 3.05) is 0 Å². The summed E-state index contributed by atoms with van der Waals surface area (Å²) >= 11 is 1.86. The molecule has 0 aliphatic carbocycles. The number of benzene rings is 10. The number of nitrogens with zero attached hydrogens (tertiary/aromatic N) is 4. The molecule has 0 spiro atoms. The fourth-order valence-electron chi connectivity index (χ4n) is 10.8. The van der Waals surface area contributed by atoms with Crippen LogP contribution in [-0.2, 0) is 0 Å². The van der Waals surface area contributed by atoms with Crippen molar-refractivity contribution in [1.29, 1.82) is 0 Å². The maximum Gasteiger partial charge on any atom is 0.157 e. The molecule has 0 unspecified atom stereocenters. The number of thiophene rings is 1. The Labute approximate surface area is 410 Å². The van der Waals surface area contributed by atoms with Crippen LogP contribution in [0.3, 0.4) is 0 Å². The first kappa shape index (κ1) is 41.8. The summed E-state index contributed by atoms with van der Waals surface area (Å²) in [6, 6.07) is 81.3. The second kappa shape index (κ2) is 17.0.